The van der Waals surface area contributed by atoms with E-state index < -0.39 is 17.3 Å². The summed E-state index contributed by atoms with van der Waals surface area (Å²) in [5.41, 5.74) is 0.589. The van der Waals surface area contributed by atoms with Gasteiger partial charge < -0.3 is 5.32 Å². The maximum atomic E-state index is 13.7. The van der Waals surface area contributed by atoms with Gasteiger partial charge in [0.2, 0.25) is 5.91 Å². The monoisotopic (exact) mass is 474 g/mol. The first-order valence-corrected chi connectivity index (χ1v) is 11.3. The van der Waals surface area contributed by atoms with Gasteiger partial charge in [-0.05, 0) is 47.4 Å². The normalized spacial score (nSPS) is 13.1. The van der Waals surface area contributed by atoms with Crippen molar-refractivity contribution in [3.63, 3.8) is 0 Å². The van der Waals surface area contributed by atoms with Crippen LogP contribution in [0.25, 0.3) is 0 Å². The van der Waals surface area contributed by atoms with E-state index in [9.17, 15) is 18.0 Å². The van der Waals surface area contributed by atoms with Crippen LogP contribution in [-0.4, -0.2) is 10.9 Å². The second kappa shape index (κ2) is 10.6. The molecule has 1 aromatic heterocycles. The number of nitrogens with one attached hydrogen (secondary N) is 1. The van der Waals surface area contributed by atoms with Gasteiger partial charge in [-0.3, -0.25) is 9.78 Å². The highest BCUT2D eigenvalue weighted by molar-refractivity contribution is 5.78. The van der Waals surface area contributed by atoms with Crippen LogP contribution in [0.15, 0.2) is 109 Å². The maximum Gasteiger partial charge on any atom is 0.416 e. The lowest BCUT2D eigenvalue weighted by Crippen LogP contribution is -2.49. The molecule has 178 valence electrons. The van der Waals surface area contributed by atoms with Gasteiger partial charge in [0.1, 0.15) is 5.54 Å². The fourth-order valence-corrected chi connectivity index (χ4v) is 4.20. The Balaban J connectivity index is 1.79. The van der Waals surface area contributed by atoms with E-state index in [0.29, 0.717) is 17.7 Å². The minimum absolute atomic E-state index is 0.187. The first-order valence-electron chi connectivity index (χ1n) is 11.3. The Hall–Kier alpha value is -3.93. The Labute approximate surface area is 202 Å². The van der Waals surface area contributed by atoms with Crippen molar-refractivity contribution in [1.29, 1.82) is 0 Å². The van der Waals surface area contributed by atoms with Crippen LogP contribution in [0, 0.1) is 0 Å². The van der Waals surface area contributed by atoms with Crippen molar-refractivity contribution < 1.29 is 18.0 Å². The number of aryl methyl sites for hydroxylation is 1. The number of halogens is 3. The highest BCUT2D eigenvalue weighted by Crippen LogP contribution is 2.37. The first-order chi connectivity index (χ1) is 16.9. The molecule has 35 heavy (non-hydrogen) atoms. The van der Waals surface area contributed by atoms with Gasteiger partial charge in [-0.25, -0.2) is 0 Å². The molecule has 0 aliphatic heterocycles. The Morgan fingerprint density at radius 3 is 2.00 bits per heavy atom. The molecule has 0 radical (unpaired) electrons. The van der Waals surface area contributed by atoms with Crippen LogP contribution in [0.4, 0.5) is 13.2 Å². The number of rotatable bonds is 8. The number of alkyl halides is 3. The van der Waals surface area contributed by atoms with Gasteiger partial charge >= 0.3 is 6.18 Å². The number of carbonyl (C=O) groups is 1. The average Bonchev–Trinajstić information content (AvgIpc) is 2.88. The van der Waals surface area contributed by atoms with Crippen LogP contribution in [0.3, 0.4) is 0 Å². The van der Waals surface area contributed by atoms with Gasteiger partial charge in [0, 0.05) is 19.0 Å². The highest BCUT2D eigenvalue weighted by atomic mass is 19.4. The topological polar surface area (TPSA) is 42.0 Å². The van der Waals surface area contributed by atoms with Crippen LogP contribution in [0.2, 0.25) is 0 Å². The van der Waals surface area contributed by atoms with E-state index >= 15 is 0 Å². The molecule has 0 aliphatic rings. The molecular formula is C29H25F3N2O. The fraction of sp³-hybridized carbons (Fsp3) is 0.172. The third-order valence-electron chi connectivity index (χ3n) is 5.93. The number of amides is 1. The lowest BCUT2D eigenvalue weighted by molar-refractivity contribution is -0.137. The molecule has 0 spiro atoms. The summed E-state index contributed by atoms with van der Waals surface area (Å²) in [6, 6.07) is 29.3. The second-order valence-corrected chi connectivity index (χ2v) is 8.40. The van der Waals surface area contributed by atoms with Gasteiger partial charge in [-0.15, -0.1) is 0 Å². The van der Waals surface area contributed by atoms with Crippen molar-refractivity contribution in [3.05, 3.63) is 137 Å². The maximum absolute atomic E-state index is 13.7. The summed E-state index contributed by atoms with van der Waals surface area (Å²) in [6.45, 7) is 0. The number of hydrogen-bond acceptors (Lipinski definition) is 2. The molecule has 3 nitrogen and oxygen atoms in total. The van der Waals surface area contributed by atoms with Gasteiger partial charge in [0.15, 0.2) is 0 Å². The van der Waals surface area contributed by atoms with Crippen molar-refractivity contribution >= 4 is 5.91 Å². The van der Waals surface area contributed by atoms with Crippen molar-refractivity contribution in [2.75, 3.05) is 0 Å². The molecule has 0 fully saturated rings. The van der Waals surface area contributed by atoms with Gasteiger partial charge in [0.25, 0.3) is 0 Å². The Kier molecular flexibility index (Phi) is 7.30. The molecule has 0 saturated carbocycles. The molecule has 3 aromatic carbocycles. The number of nitrogens with zero attached hydrogens (tertiary/aromatic N) is 1. The van der Waals surface area contributed by atoms with Crippen LogP contribution in [0.5, 0.6) is 0 Å². The van der Waals surface area contributed by atoms with E-state index in [1.807, 2.05) is 60.7 Å². The zero-order valence-electron chi connectivity index (χ0n) is 19.0. The minimum atomic E-state index is -4.52. The van der Waals surface area contributed by atoms with Crippen molar-refractivity contribution in [2.24, 2.45) is 0 Å². The average molecular weight is 475 g/mol. The van der Waals surface area contributed by atoms with Crippen LogP contribution < -0.4 is 5.32 Å². The molecule has 1 amide bonds. The molecule has 4 rings (SSSR count). The smallest absolute Gasteiger partial charge is 0.341 e. The summed E-state index contributed by atoms with van der Waals surface area (Å²) in [5.74, 6) is -0.271. The van der Waals surface area contributed by atoms with Crippen molar-refractivity contribution in [1.82, 2.24) is 10.3 Å². The standard InChI is InChI=1S/C29H25F3N2O/c30-29(31,32)25-15-9-14-24(20-25)28(26-16-7-8-19-33-26,21-23-12-5-2-6-13-23)34-27(35)18-17-22-10-3-1-4-11-22/h1-16,19-20H,17-18,21H2,(H,34,35). The predicted molar refractivity (Wildman–Crippen MR) is 130 cm³/mol. The van der Waals surface area contributed by atoms with E-state index in [1.54, 1.807) is 30.5 Å². The molecule has 4 aromatic rings. The molecule has 1 atom stereocenters. The molecule has 6 heteroatoms. The molecule has 0 aliphatic carbocycles. The van der Waals surface area contributed by atoms with Crippen LogP contribution >= 0.6 is 0 Å². The fourth-order valence-electron chi connectivity index (χ4n) is 4.20. The summed E-state index contributed by atoms with van der Waals surface area (Å²) >= 11 is 0. The second-order valence-electron chi connectivity index (χ2n) is 8.40. The third kappa shape index (κ3) is 5.96. The third-order valence-corrected chi connectivity index (χ3v) is 5.93. The van der Waals surface area contributed by atoms with E-state index in [4.69, 9.17) is 0 Å². The quantitative estimate of drug-likeness (QED) is 0.324. The number of aromatic nitrogens is 1. The summed E-state index contributed by atoms with van der Waals surface area (Å²) in [6.07, 6.45) is -2.00. The number of benzene rings is 3. The molecule has 1 N–H and O–H groups in total. The van der Waals surface area contributed by atoms with Crippen molar-refractivity contribution in [2.45, 2.75) is 31.0 Å². The molecule has 0 saturated heterocycles. The Bertz CT molecular complexity index is 1250. The Morgan fingerprint density at radius 1 is 0.743 bits per heavy atom. The van der Waals surface area contributed by atoms with Gasteiger partial charge in [-0.2, -0.15) is 13.2 Å². The van der Waals surface area contributed by atoms with Crippen molar-refractivity contribution in [3.8, 4) is 0 Å². The molecule has 1 heterocycles. The minimum Gasteiger partial charge on any atom is -0.341 e. The zero-order chi connectivity index (χ0) is 24.7. The molecular weight excluding hydrogens is 449 g/mol. The van der Waals surface area contributed by atoms with E-state index in [1.165, 1.54) is 6.07 Å². The lowest BCUT2D eigenvalue weighted by atomic mass is 9.79. The zero-order valence-corrected chi connectivity index (χ0v) is 19.0. The van der Waals surface area contributed by atoms with E-state index in [0.717, 1.165) is 23.3 Å². The van der Waals surface area contributed by atoms with Crippen LogP contribution in [0.1, 0.15) is 34.4 Å². The Morgan fingerprint density at radius 2 is 1.37 bits per heavy atom. The van der Waals surface area contributed by atoms with Gasteiger partial charge in [0.05, 0.1) is 11.3 Å². The number of carbonyl (C=O) groups excluding carboxylic acids is 1. The lowest BCUT2D eigenvalue weighted by Gasteiger charge is -2.36. The predicted octanol–water partition coefficient (Wildman–Crippen LogP) is 6.34. The molecule has 1 unspecified atom stereocenters. The summed E-state index contributed by atoms with van der Waals surface area (Å²) in [5, 5.41) is 3.09. The number of hydrogen-bond donors (Lipinski definition) is 1. The number of pyridine rings is 1. The SMILES string of the molecule is O=C(CCc1ccccc1)NC(Cc1ccccc1)(c1cccc(C(F)(F)F)c1)c1ccccn1. The summed E-state index contributed by atoms with van der Waals surface area (Å²) < 4.78 is 41.0. The van der Waals surface area contributed by atoms with Gasteiger partial charge in [-0.1, -0.05) is 78.9 Å². The highest BCUT2D eigenvalue weighted by Gasteiger charge is 2.39. The van der Waals surface area contributed by atoms with Crippen LogP contribution in [-0.2, 0) is 29.4 Å². The largest absolute Gasteiger partial charge is 0.416 e. The summed E-state index contributed by atoms with van der Waals surface area (Å²) in [7, 11) is 0. The molecule has 0 bridgehead atoms. The summed E-state index contributed by atoms with van der Waals surface area (Å²) in [4.78, 5) is 17.8. The van der Waals surface area contributed by atoms with E-state index in [2.05, 4.69) is 10.3 Å². The first kappa shape index (κ1) is 24.2. The van der Waals surface area contributed by atoms with E-state index in [-0.39, 0.29) is 18.7 Å².